The summed E-state index contributed by atoms with van der Waals surface area (Å²) < 4.78 is 5.79. The monoisotopic (exact) mass is 224 g/mol. The summed E-state index contributed by atoms with van der Waals surface area (Å²) in [6.45, 7) is 7.55. The molecule has 0 spiro atoms. The number of ether oxygens (including phenoxy) is 1. The maximum Gasteiger partial charge on any atom is 0.0691 e. The summed E-state index contributed by atoms with van der Waals surface area (Å²) in [5.41, 5.74) is 6.71. The van der Waals surface area contributed by atoms with Crippen molar-refractivity contribution in [2.45, 2.75) is 44.8 Å². The minimum Gasteiger partial charge on any atom is -0.377 e. The highest BCUT2D eigenvalue weighted by Gasteiger charge is 2.67. The SMILES string of the molecule is CC1(C)C2OCCC2C1(N)CNCC1CC1. The lowest BCUT2D eigenvalue weighted by Crippen LogP contribution is -2.78. The Balaban J connectivity index is 1.61. The minimum absolute atomic E-state index is 0.0525. The molecule has 1 heterocycles. The number of hydrogen-bond acceptors (Lipinski definition) is 3. The van der Waals surface area contributed by atoms with Crippen LogP contribution in [-0.4, -0.2) is 31.3 Å². The topological polar surface area (TPSA) is 47.3 Å². The molecule has 2 aliphatic carbocycles. The van der Waals surface area contributed by atoms with E-state index in [1.54, 1.807) is 0 Å². The van der Waals surface area contributed by atoms with E-state index in [0.29, 0.717) is 12.0 Å². The molecular weight excluding hydrogens is 200 g/mol. The van der Waals surface area contributed by atoms with Gasteiger partial charge in [-0.25, -0.2) is 0 Å². The molecule has 0 aromatic heterocycles. The zero-order valence-corrected chi connectivity index (χ0v) is 10.5. The van der Waals surface area contributed by atoms with E-state index < -0.39 is 0 Å². The average Bonchev–Trinajstić information content (AvgIpc) is 2.93. The Morgan fingerprint density at radius 3 is 2.75 bits per heavy atom. The second-order valence-corrected chi connectivity index (χ2v) is 6.52. The van der Waals surface area contributed by atoms with Crippen LogP contribution < -0.4 is 11.1 Å². The van der Waals surface area contributed by atoms with Crippen LogP contribution in [0.5, 0.6) is 0 Å². The van der Waals surface area contributed by atoms with Crippen molar-refractivity contribution in [2.24, 2.45) is 23.0 Å². The van der Waals surface area contributed by atoms with Crippen molar-refractivity contribution >= 4 is 0 Å². The normalized spacial score (nSPS) is 45.2. The first-order chi connectivity index (χ1) is 7.56. The van der Waals surface area contributed by atoms with Crippen molar-refractivity contribution in [1.82, 2.24) is 5.32 Å². The lowest BCUT2D eigenvalue weighted by molar-refractivity contribution is -0.153. The van der Waals surface area contributed by atoms with Crippen molar-refractivity contribution in [3.05, 3.63) is 0 Å². The van der Waals surface area contributed by atoms with E-state index >= 15 is 0 Å². The molecule has 3 heteroatoms. The summed E-state index contributed by atoms with van der Waals surface area (Å²) in [5.74, 6) is 1.51. The van der Waals surface area contributed by atoms with Crippen LogP contribution in [0.2, 0.25) is 0 Å². The third-order valence-electron chi connectivity index (χ3n) is 5.21. The lowest BCUT2D eigenvalue weighted by Gasteiger charge is -2.62. The van der Waals surface area contributed by atoms with Gasteiger partial charge in [-0.05, 0) is 31.7 Å². The highest BCUT2D eigenvalue weighted by atomic mass is 16.5. The van der Waals surface area contributed by atoms with Gasteiger partial charge in [-0.3, -0.25) is 0 Å². The van der Waals surface area contributed by atoms with Gasteiger partial charge in [0.2, 0.25) is 0 Å². The highest BCUT2D eigenvalue weighted by molar-refractivity contribution is 5.21. The fraction of sp³-hybridized carbons (Fsp3) is 1.00. The fourth-order valence-corrected chi connectivity index (χ4v) is 3.64. The molecule has 1 aliphatic heterocycles. The summed E-state index contributed by atoms with van der Waals surface area (Å²) in [6, 6.07) is 0. The number of rotatable bonds is 4. The Morgan fingerprint density at radius 1 is 1.31 bits per heavy atom. The van der Waals surface area contributed by atoms with Gasteiger partial charge in [-0.1, -0.05) is 13.8 Å². The molecular formula is C13H24N2O. The quantitative estimate of drug-likeness (QED) is 0.752. The van der Waals surface area contributed by atoms with Crippen LogP contribution in [0, 0.1) is 17.3 Å². The average molecular weight is 224 g/mol. The van der Waals surface area contributed by atoms with Gasteiger partial charge in [0.05, 0.1) is 6.10 Å². The van der Waals surface area contributed by atoms with Crippen molar-refractivity contribution in [1.29, 1.82) is 0 Å². The number of hydrogen-bond donors (Lipinski definition) is 2. The Morgan fingerprint density at radius 2 is 2.06 bits per heavy atom. The first-order valence-corrected chi connectivity index (χ1v) is 6.67. The molecule has 3 aliphatic rings. The van der Waals surface area contributed by atoms with Gasteiger partial charge in [0.25, 0.3) is 0 Å². The second kappa shape index (κ2) is 3.44. The van der Waals surface area contributed by atoms with E-state index in [1.807, 2.05) is 0 Å². The molecule has 3 unspecified atom stereocenters. The maximum atomic E-state index is 6.63. The van der Waals surface area contributed by atoms with Gasteiger partial charge in [0, 0.05) is 30.0 Å². The predicted octanol–water partition coefficient (Wildman–Crippen LogP) is 1.13. The second-order valence-electron chi connectivity index (χ2n) is 6.52. The van der Waals surface area contributed by atoms with Crippen LogP contribution in [-0.2, 0) is 4.74 Å². The van der Waals surface area contributed by atoms with Crippen LogP contribution >= 0.6 is 0 Å². The zero-order valence-electron chi connectivity index (χ0n) is 10.5. The molecule has 3 N–H and O–H groups in total. The van der Waals surface area contributed by atoms with Crippen molar-refractivity contribution in [3.63, 3.8) is 0 Å². The summed E-state index contributed by atoms with van der Waals surface area (Å²) in [7, 11) is 0. The molecule has 2 saturated carbocycles. The smallest absolute Gasteiger partial charge is 0.0691 e. The Kier molecular flexibility index (Phi) is 2.36. The Bertz CT molecular complexity index is 288. The molecule has 3 nitrogen and oxygen atoms in total. The summed E-state index contributed by atoms with van der Waals surface area (Å²) in [4.78, 5) is 0. The number of nitrogens with two attached hydrogens (primary N) is 1. The number of fused-ring (bicyclic) bond motifs is 1. The van der Waals surface area contributed by atoms with Crippen LogP contribution in [0.15, 0.2) is 0 Å². The first-order valence-electron chi connectivity index (χ1n) is 6.67. The van der Waals surface area contributed by atoms with E-state index in [0.717, 1.165) is 32.0 Å². The first kappa shape index (κ1) is 11.0. The van der Waals surface area contributed by atoms with Crippen LogP contribution in [0.1, 0.15) is 33.1 Å². The third-order valence-corrected chi connectivity index (χ3v) is 5.21. The van der Waals surface area contributed by atoms with E-state index in [2.05, 4.69) is 19.2 Å². The van der Waals surface area contributed by atoms with Gasteiger partial charge < -0.3 is 15.8 Å². The third kappa shape index (κ3) is 1.38. The summed E-state index contributed by atoms with van der Waals surface area (Å²) in [6.07, 6.45) is 4.36. The minimum atomic E-state index is -0.0525. The van der Waals surface area contributed by atoms with E-state index in [4.69, 9.17) is 10.5 Å². The predicted molar refractivity (Wildman–Crippen MR) is 64.1 cm³/mol. The van der Waals surface area contributed by atoms with Crippen molar-refractivity contribution in [3.8, 4) is 0 Å². The van der Waals surface area contributed by atoms with E-state index in [1.165, 1.54) is 12.8 Å². The van der Waals surface area contributed by atoms with Crippen LogP contribution in [0.25, 0.3) is 0 Å². The molecule has 0 radical (unpaired) electrons. The molecule has 3 atom stereocenters. The number of nitrogens with one attached hydrogen (secondary N) is 1. The van der Waals surface area contributed by atoms with Gasteiger partial charge in [0.15, 0.2) is 0 Å². The fourth-order valence-electron chi connectivity index (χ4n) is 3.64. The van der Waals surface area contributed by atoms with E-state index in [9.17, 15) is 0 Å². The maximum absolute atomic E-state index is 6.63. The Labute approximate surface area is 98.1 Å². The van der Waals surface area contributed by atoms with E-state index in [-0.39, 0.29) is 11.0 Å². The van der Waals surface area contributed by atoms with Gasteiger partial charge in [0.1, 0.15) is 0 Å². The Hall–Kier alpha value is -0.120. The lowest BCUT2D eigenvalue weighted by atomic mass is 9.48. The zero-order chi connectivity index (χ0) is 11.4. The standard InChI is InChI=1S/C13H24N2O/c1-12(2)11-10(5-6-16-11)13(12,14)8-15-7-9-3-4-9/h9-11,15H,3-8,14H2,1-2H3. The molecule has 0 bridgehead atoms. The molecule has 3 rings (SSSR count). The molecule has 92 valence electrons. The van der Waals surface area contributed by atoms with Crippen LogP contribution in [0.4, 0.5) is 0 Å². The van der Waals surface area contributed by atoms with Crippen LogP contribution in [0.3, 0.4) is 0 Å². The van der Waals surface area contributed by atoms with Crippen molar-refractivity contribution in [2.75, 3.05) is 19.7 Å². The summed E-state index contributed by atoms with van der Waals surface area (Å²) >= 11 is 0. The van der Waals surface area contributed by atoms with Gasteiger partial charge in [-0.15, -0.1) is 0 Å². The molecule has 0 amide bonds. The summed E-state index contributed by atoms with van der Waals surface area (Å²) in [5, 5.41) is 3.58. The molecule has 0 aromatic carbocycles. The largest absolute Gasteiger partial charge is 0.377 e. The molecule has 3 fully saturated rings. The highest BCUT2D eigenvalue weighted by Crippen LogP contribution is 2.57. The van der Waals surface area contributed by atoms with Gasteiger partial charge in [-0.2, -0.15) is 0 Å². The molecule has 0 aromatic rings. The van der Waals surface area contributed by atoms with Crippen molar-refractivity contribution < 1.29 is 4.74 Å². The van der Waals surface area contributed by atoms with Gasteiger partial charge >= 0.3 is 0 Å². The molecule has 16 heavy (non-hydrogen) atoms. The molecule has 1 saturated heterocycles.